The van der Waals surface area contributed by atoms with Gasteiger partial charge in [0.05, 0.1) is 12.7 Å². The SMILES string of the molecule is CC(CN1CCOC(C#N)C1)C(=O)NN. The van der Waals surface area contributed by atoms with E-state index in [-0.39, 0.29) is 17.9 Å². The molecule has 0 aromatic carbocycles. The van der Waals surface area contributed by atoms with Crippen LogP contribution in [-0.4, -0.2) is 43.2 Å². The maximum atomic E-state index is 11.2. The summed E-state index contributed by atoms with van der Waals surface area (Å²) in [5.74, 6) is 4.68. The number of nitrogens with zero attached hydrogens (tertiary/aromatic N) is 2. The number of nitrogens with two attached hydrogens (primary N) is 1. The van der Waals surface area contributed by atoms with E-state index in [4.69, 9.17) is 15.8 Å². The van der Waals surface area contributed by atoms with Crippen molar-refractivity contribution < 1.29 is 9.53 Å². The first-order valence-electron chi connectivity index (χ1n) is 4.91. The van der Waals surface area contributed by atoms with Crippen LogP contribution in [0.25, 0.3) is 0 Å². The Morgan fingerprint density at radius 3 is 3.20 bits per heavy atom. The van der Waals surface area contributed by atoms with Gasteiger partial charge in [-0.3, -0.25) is 15.1 Å². The third-order valence-corrected chi connectivity index (χ3v) is 2.42. The molecule has 2 atom stereocenters. The van der Waals surface area contributed by atoms with Gasteiger partial charge in [0.25, 0.3) is 0 Å². The van der Waals surface area contributed by atoms with Crippen molar-refractivity contribution in [2.24, 2.45) is 11.8 Å². The van der Waals surface area contributed by atoms with Crippen LogP contribution in [0.1, 0.15) is 6.92 Å². The molecule has 15 heavy (non-hydrogen) atoms. The molecule has 0 spiro atoms. The summed E-state index contributed by atoms with van der Waals surface area (Å²) in [6, 6.07) is 2.06. The molecule has 0 radical (unpaired) electrons. The Kier molecular flexibility index (Phi) is 4.49. The Labute approximate surface area is 88.9 Å². The van der Waals surface area contributed by atoms with Crippen LogP contribution in [0.4, 0.5) is 0 Å². The van der Waals surface area contributed by atoms with Gasteiger partial charge in [0.15, 0.2) is 6.10 Å². The predicted octanol–water partition coefficient (Wildman–Crippen LogP) is -1.16. The first-order chi connectivity index (χ1) is 7.17. The van der Waals surface area contributed by atoms with Gasteiger partial charge in [-0.25, -0.2) is 5.84 Å². The van der Waals surface area contributed by atoms with Gasteiger partial charge in [0.2, 0.25) is 5.91 Å². The zero-order chi connectivity index (χ0) is 11.3. The number of hydrazine groups is 1. The number of nitrogens with one attached hydrogen (secondary N) is 1. The van der Waals surface area contributed by atoms with Gasteiger partial charge in [0.1, 0.15) is 0 Å². The molecule has 1 rings (SSSR count). The summed E-state index contributed by atoms with van der Waals surface area (Å²) in [5.41, 5.74) is 2.12. The van der Waals surface area contributed by atoms with E-state index < -0.39 is 0 Å². The van der Waals surface area contributed by atoms with Gasteiger partial charge in [-0.15, -0.1) is 0 Å². The highest BCUT2D eigenvalue weighted by atomic mass is 16.5. The number of hydrogen-bond donors (Lipinski definition) is 2. The van der Waals surface area contributed by atoms with Gasteiger partial charge in [-0.2, -0.15) is 5.26 Å². The van der Waals surface area contributed by atoms with E-state index >= 15 is 0 Å². The Hall–Kier alpha value is -1.16. The fraction of sp³-hybridized carbons (Fsp3) is 0.778. The zero-order valence-electron chi connectivity index (χ0n) is 8.77. The third kappa shape index (κ3) is 3.47. The summed E-state index contributed by atoms with van der Waals surface area (Å²) in [7, 11) is 0. The Balaban J connectivity index is 2.38. The van der Waals surface area contributed by atoms with Crippen LogP contribution >= 0.6 is 0 Å². The minimum atomic E-state index is -0.383. The molecule has 6 nitrogen and oxygen atoms in total. The van der Waals surface area contributed by atoms with Crippen LogP contribution in [0, 0.1) is 17.2 Å². The predicted molar refractivity (Wildman–Crippen MR) is 53.3 cm³/mol. The molecule has 6 heteroatoms. The molecule has 2 unspecified atom stereocenters. The van der Waals surface area contributed by atoms with Gasteiger partial charge in [0, 0.05) is 25.6 Å². The average Bonchev–Trinajstić information content (AvgIpc) is 2.28. The molecule has 1 aliphatic rings. The molecule has 3 N–H and O–H groups in total. The summed E-state index contributed by atoms with van der Waals surface area (Å²) in [6.45, 7) is 4.25. The molecule has 1 aliphatic heterocycles. The maximum Gasteiger partial charge on any atom is 0.237 e. The first kappa shape index (κ1) is 11.9. The van der Waals surface area contributed by atoms with Gasteiger partial charge >= 0.3 is 0 Å². The number of nitriles is 1. The molecule has 84 valence electrons. The van der Waals surface area contributed by atoms with Crippen molar-refractivity contribution in [2.45, 2.75) is 13.0 Å². The molecule has 0 aromatic rings. The maximum absolute atomic E-state index is 11.2. The molecule has 0 bridgehead atoms. The Bertz CT molecular complexity index is 263. The highest BCUT2D eigenvalue weighted by Crippen LogP contribution is 2.07. The lowest BCUT2D eigenvalue weighted by Gasteiger charge is -2.31. The van der Waals surface area contributed by atoms with E-state index in [1.165, 1.54) is 0 Å². The van der Waals surface area contributed by atoms with E-state index in [1.54, 1.807) is 6.92 Å². The number of morpholine rings is 1. The van der Waals surface area contributed by atoms with Crippen molar-refractivity contribution in [1.29, 1.82) is 5.26 Å². The van der Waals surface area contributed by atoms with Crippen molar-refractivity contribution in [1.82, 2.24) is 10.3 Å². The molecule has 1 amide bonds. The lowest BCUT2D eigenvalue weighted by atomic mass is 10.1. The van der Waals surface area contributed by atoms with Crippen LogP contribution in [0.15, 0.2) is 0 Å². The van der Waals surface area contributed by atoms with E-state index in [0.717, 1.165) is 6.54 Å². The molecule has 1 fully saturated rings. The minimum Gasteiger partial charge on any atom is -0.361 e. The number of carbonyl (C=O) groups excluding carboxylic acids is 1. The fourth-order valence-corrected chi connectivity index (χ4v) is 1.56. The van der Waals surface area contributed by atoms with E-state index in [2.05, 4.69) is 11.5 Å². The van der Waals surface area contributed by atoms with Gasteiger partial charge < -0.3 is 4.74 Å². The van der Waals surface area contributed by atoms with Crippen molar-refractivity contribution in [3.8, 4) is 6.07 Å². The molecule has 1 heterocycles. The summed E-state index contributed by atoms with van der Waals surface area (Å²) in [5, 5.41) is 8.70. The number of amides is 1. The molecular formula is C9H16N4O2. The molecule has 0 aromatic heterocycles. The van der Waals surface area contributed by atoms with Crippen molar-refractivity contribution in [3.05, 3.63) is 0 Å². The van der Waals surface area contributed by atoms with Crippen molar-refractivity contribution in [2.75, 3.05) is 26.2 Å². The van der Waals surface area contributed by atoms with Crippen molar-refractivity contribution in [3.63, 3.8) is 0 Å². The highest BCUT2D eigenvalue weighted by Gasteiger charge is 2.23. The van der Waals surface area contributed by atoms with Gasteiger partial charge in [-0.1, -0.05) is 6.92 Å². The molecule has 1 saturated heterocycles. The van der Waals surface area contributed by atoms with Crippen LogP contribution < -0.4 is 11.3 Å². The Morgan fingerprint density at radius 2 is 2.60 bits per heavy atom. The number of rotatable bonds is 3. The summed E-state index contributed by atoms with van der Waals surface area (Å²) >= 11 is 0. The Morgan fingerprint density at radius 1 is 1.87 bits per heavy atom. The number of hydrogen-bond acceptors (Lipinski definition) is 5. The molecule has 0 saturated carbocycles. The third-order valence-electron chi connectivity index (χ3n) is 2.42. The summed E-state index contributed by atoms with van der Waals surface area (Å²) < 4.78 is 5.20. The number of carbonyl (C=O) groups is 1. The average molecular weight is 212 g/mol. The number of ether oxygens (including phenoxy) is 1. The normalized spacial score (nSPS) is 24.2. The second-order valence-electron chi connectivity index (χ2n) is 3.66. The second kappa shape index (κ2) is 5.66. The van der Waals surface area contributed by atoms with Crippen LogP contribution in [0.3, 0.4) is 0 Å². The van der Waals surface area contributed by atoms with Crippen LogP contribution in [0.2, 0.25) is 0 Å². The summed E-state index contributed by atoms with van der Waals surface area (Å²) in [6.07, 6.45) is -0.383. The molecule has 0 aliphatic carbocycles. The van der Waals surface area contributed by atoms with Gasteiger partial charge in [-0.05, 0) is 0 Å². The van der Waals surface area contributed by atoms with E-state index in [1.807, 2.05) is 4.90 Å². The second-order valence-corrected chi connectivity index (χ2v) is 3.66. The first-order valence-corrected chi connectivity index (χ1v) is 4.91. The van der Waals surface area contributed by atoms with Crippen molar-refractivity contribution >= 4 is 5.91 Å². The molecular weight excluding hydrogens is 196 g/mol. The largest absolute Gasteiger partial charge is 0.361 e. The topological polar surface area (TPSA) is 91.4 Å². The fourth-order valence-electron chi connectivity index (χ4n) is 1.56. The summed E-state index contributed by atoms with van der Waals surface area (Å²) in [4.78, 5) is 13.2. The lowest BCUT2D eigenvalue weighted by molar-refractivity contribution is -0.125. The smallest absolute Gasteiger partial charge is 0.237 e. The zero-order valence-corrected chi connectivity index (χ0v) is 8.77. The van der Waals surface area contributed by atoms with E-state index in [9.17, 15) is 4.79 Å². The van der Waals surface area contributed by atoms with Crippen LogP contribution in [0.5, 0.6) is 0 Å². The van der Waals surface area contributed by atoms with E-state index in [0.29, 0.717) is 19.7 Å². The highest BCUT2D eigenvalue weighted by molar-refractivity contribution is 5.77. The minimum absolute atomic E-state index is 0.174. The lowest BCUT2D eigenvalue weighted by Crippen LogP contribution is -2.46. The quantitative estimate of drug-likeness (QED) is 0.350. The standard InChI is InChI=1S/C9H16N4O2/c1-7(9(14)12-11)5-13-2-3-15-8(4-10)6-13/h7-8H,2-3,5-6,11H2,1H3,(H,12,14). The van der Waals surface area contributed by atoms with Crippen LogP contribution in [-0.2, 0) is 9.53 Å². The monoisotopic (exact) mass is 212 g/mol.